The summed E-state index contributed by atoms with van der Waals surface area (Å²) < 4.78 is 10.8. The molecule has 31 heavy (non-hydrogen) atoms. The fourth-order valence-corrected chi connectivity index (χ4v) is 4.09. The molecule has 2 atom stereocenters. The molecule has 158 valence electrons. The molecule has 1 saturated heterocycles. The maximum atomic E-state index is 13.4. The number of amides is 1. The van der Waals surface area contributed by atoms with Crippen molar-refractivity contribution in [1.29, 1.82) is 0 Å². The number of benzene rings is 2. The predicted molar refractivity (Wildman–Crippen MR) is 114 cm³/mol. The quantitative estimate of drug-likeness (QED) is 0.309. The van der Waals surface area contributed by atoms with Crippen molar-refractivity contribution >= 4 is 29.1 Å². The van der Waals surface area contributed by atoms with E-state index in [-0.39, 0.29) is 17.1 Å². The van der Waals surface area contributed by atoms with Gasteiger partial charge in [-0.1, -0.05) is 41.9 Å². The van der Waals surface area contributed by atoms with E-state index >= 15 is 0 Å². The zero-order valence-corrected chi connectivity index (χ0v) is 17.5. The molecule has 0 radical (unpaired) electrons. The molecule has 2 heterocycles. The van der Waals surface area contributed by atoms with Crippen molar-refractivity contribution in [2.45, 2.75) is 19.5 Å². The van der Waals surface area contributed by atoms with Gasteiger partial charge in [0, 0.05) is 5.56 Å². The van der Waals surface area contributed by atoms with Crippen LogP contribution in [0.1, 0.15) is 34.6 Å². The van der Waals surface area contributed by atoms with Crippen molar-refractivity contribution in [3.63, 3.8) is 0 Å². The molecule has 7 heteroatoms. The maximum Gasteiger partial charge on any atom is 0.291 e. The Bertz CT molecular complexity index is 1110. The fraction of sp³-hybridized carbons (Fsp3) is 0.208. The number of hydrogen-bond donors (Lipinski definition) is 0. The maximum absolute atomic E-state index is 13.4. The van der Waals surface area contributed by atoms with Gasteiger partial charge in [0.15, 0.2) is 5.78 Å². The second-order valence-corrected chi connectivity index (χ2v) is 7.56. The third kappa shape index (κ3) is 3.99. The predicted octanol–water partition coefficient (Wildman–Crippen LogP) is 4.48. The van der Waals surface area contributed by atoms with Gasteiger partial charge in [0.25, 0.3) is 5.91 Å². The molecule has 1 aromatic heterocycles. The Morgan fingerprint density at radius 2 is 1.87 bits per heavy atom. The van der Waals surface area contributed by atoms with Gasteiger partial charge in [-0.05, 0) is 42.8 Å². The van der Waals surface area contributed by atoms with Crippen molar-refractivity contribution in [2.24, 2.45) is 5.92 Å². The third-order valence-corrected chi connectivity index (χ3v) is 5.55. The van der Waals surface area contributed by atoms with Crippen LogP contribution in [-0.4, -0.2) is 29.0 Å². The van der Waals surface area contributed by atoms with E-state index < -0.39 is 29.4 Å². The average molecular weight is 438 g/mol. The first kappa shape index (κ1) is 20.9. The molecule has 1 aliphatic heterocycles. The molecule has 1 aliphatic rings. The minimum absolute atomic E-state index is 0.0882. The molecule has 6 nitrogen and oxygen atoms in total. The Morgan fingerprint density at radius 1 is 1.10 bits per heavy atom. The van der Waals surface area contributed by atoms with E-state index in [1.807, 2.05) is 25.1 Å². The van der Waals surface area contributed by atoms with E-state index in [0.717, 1.165) is 0 Å². The molecule has 2 unspecified atom stereocenters. The molecule has 2 aromatic carbocycles. The fourth-order valence-electron chi connectivity index (χ4n) is 3.86. The van der Waals surface area contributed by atoms with Crippen LogP contribution in [0.4, 0.5) is 0 Å². The topological polar surface area (TPSA) is 76.8 Å². The Morgan fingerprint density at radius 3 is 2.52 bits per heavy atom. The van der Waals surface area contributed by atoms with Crippen LogP contribution in [0.5, 0.6) is 5.75 Å². The summed E-state index contributed by atoms with van der Waals surface area (Å²) in [6.07, 6.45) is 1.50. The van der Waals surface area contributed by atoms with Crippen molar-refractivity contribution in [2.75, 3.05) is 6.61 Å². The smallest absolute Gasteiger partial charge is 0.291 e. The van der Waals surface area contributed by atoms with Gasteiger partial charge in [-0.15, -0.1) is 0 Å². The van der Waals surface area contributed by atoms with E-state index in [1.165, 1.54) is 17.2 Å². The largest absolute Gasteiger partial charge is 0.492 e. The summed E-state index contributed by atoms with van der Waals surface area (Å²) in [5.74, 6) is -2.11. The van der Waals surface area contributed by atoms with Crippen molar-refractivity contribution in [3.8, 4) is 5.75 Å². The van der Waals surface area contributed by atoms with Crippen LogP contribution in [0.3, 0.4) is 0 Å². The standard InChI is InChI=1S/C24H20ClNO5/c1-2-30-19-11-10-16(13-18(19)25)22(27)20-21(15-7-4-3-5-8-15)26(24(29)23(20)28)14-17-9-6-12-31-17/h3-13,20-21H,2,14H2,1H3. The van der Waals surface area contributed by atoms with Crippen LogP contribution >= 0.6 is 11.6 Å². The van der Waals surface area contributed by atoms with Crippen LogP contribution in [0.25, 0.3) is 0 Å². The number of ether oxygens (including phenoxy) is 1. The number of likely N-dealkylation sites (tertiary alicyclic amines) is 1. The molecular formula is C24H20ClNO5. The van der Waals surface area contributed by atoms with Crippen molar-refractivity contribution in [3.05, 3.63) is 88.8 Å². The van der Waals surface area contributed by atoms with Crippen LogP contribution in [0.15, 0.2) is 71.3 Å². The number of ketones is 2. The molecule has 0 saturated carbocycles. The normalized spacial score (nSPS) is 18.5. The first-order valence-electron chi connectivity index (χ1n) is 9.90. The molecule has 1 fully saturated rings. The Labute approximate surface area is 184 Å². The van der Waals surface area contributed by atoms with Crippen LogP contribution in [-0.2, 0) is 16.1 Å². The van der Waals surface area contributed by atoms with Gasteiger partial charge in [0.05, 0.1) is 30.5 Å². The second-order valence-electron chi connectivity index (χ2n) is 7.15. The first-order valence-corrected chi connectivity index (χ1v) is 10.3. The summed E-state index contributed by atoms with van der Waals surface area (Å²) in [5.41, 5.74) is 0.948. The summed E-state index contributed by atoms with van der Waals surface area (Å²) in [6.45, 7) is 2.35. The molecule has 1 amide bonds. The third-order valence-electron chi connectivity index (χ3n) is 5.25. The Hall–Kier alpha value is -3.38. The lowest BCUT2D eigenvalue weighted by atomic mass is 9.86. The van der Waals surface area contributed by atoms with Crippen molar-refractivity contribution in [1.82, 2.24) is 4.90 Å². The molecule has 0 aliphatic carbocycles. The van der Waals surface area contributed by atoms with Gasteiger partial charge < -0.3 is 14.1 Å². The molecule has 3 aromatic rings. The summed E-state index contributed by atoms with van der Waals surface area (Å²) in [7, 11) is 0. The van der Waals surface area contributed by atoms with Crippen LogP contribution in [0, 0.1) is 5.92 Å². The van der Waals surface area contributed by atoms with Crippen molar-refractivity contribution < 1.29 is 23.5 Å². The highest BCUT2D eigenvalue weighted by Gasteiger charge is 2.51. The monoisotopic (exact) mass is 437 g/mol. The first-order chi connectivity index (χ1) is 15.0. The molecular weight excluding hydrogens is 418 g/mol. The van der Waals surface area contributed by atoms with Gasteiger partial charge in [-0.3, -0.25) is 14.4 Å². The van der Waals surface area contributed by atoms with E-state index in [9.17, 15) is 14.4 Å². The second kappa shape index (κ2) is 8.78. The zero-order valence-electron chi connectivity index (χ0n) is 16.8. The number of carbonyl (C=O) groups is 3. The Balaban J connectivity index is 1.74. The highest BCUT2D eigenvalue weighted by Crippen LogP contribution is 2.39. The van der Waals surface area contributed by atoms with Crippen LogP contribution < -0.4 is 4.74 Å². The summed E-state index contributed by atoms with van der Waals surface area (Å²) in [4.78, 5) is 40.7. The van der Waals surface area contributed by atoms with Gasteiger partial charge in [-0.2, -0.15) is 0 Å². The number of rotatable bonds is 7. The van der Waals surface area contributed by atoms with E-state index in [1.54, 1.807) is 36.4 Å². The molecule has 0 N–H and O–H groups in total. The van der Waals surface area contributed by atoms with E-state index in [0.29, 0.717) is 23.7 Å². The molecule has 0 spiro atoms. The number of Topliss-reactive ketones (excluding diaryl/α,β-unsaturated/α-hetero) is 2. The number of hydrogen-bond acceptors (Lipinski definition) is 5. The number of nitrogens with zero attached hydrogens (tertiary/aromatic N) is 1. The summed E-state index contributed by atoms with van der Waals surface area (Å²) in [5, 5.41) is 0.271. The zero-order chi connectivity index (χ0) is 22.0. The lowest BCUT2D eigenvalue weighted by molar-refractivity contribution is -0.141. The van der Waals surface area contributed by atoms with Gasteiger partial charge >= 0.3 is 0 Å². The minimum Gasteiger partial charge on any atom is -0.492 e. The molecule has 4 rings (SSSR count). The molecule has 0 bridgehead atoms. The number of halogens is 1. The minimum atomic E-state index is -1.18. The van der Waals surface area contributed by atoms with E-state index in [4.69, 9.17) is 20.8 Å². The highest BCUT2D eigenvalue weighted by molar-refractivity contribution is 6.44. The van der Waals surface area contributed by atoms with Crippen LogP contribution in [0.2, 0.25) is 5.02 Å². The summed E-state index contributed by atoms with van der Waals surface area (Å²) >= 11 is 6.25. The highest BCUT2D eigenvalue weighted by atomic mass is 35.5. The van der Waals surface area contributed by atoms with Gasteiger partial charge in [-0.25, -0.2) is 0 Å². The lowest BCUT2D eigenvalue weighted by Gasteiger charge is -2.26. The van der Waals surface area contributed by atoms with E-state index in [2.05, 4.69) is 0 Å². The number of carbonyl (C=O) groups excluding carboxylic acids is 3. The van der Waals surface area contributed by atoms with Gasteiger partial charge in [0.1, 0.15) is 17.4 Å². The number of furan rings is 1. The lowest BCUT2D eigenvalue weighted by Crippen LogP contribution is -2.30. The SMILES string of the molecule is CCOc1ccc(C(=O)C2C(=O)C(=O)N(Cc3ccco3)C2c2ccccc2)cc1Cl. The summed E-state index contributed by atoms with van der Waals surface area (Å²) in [6, 6.07) is 16.4. The van der Waals surface area contributed by atoms with Gasteiger partial charge in [0.2, 0.25) is 5.78 Å². The average Bonchev–Trinajstić information content (AvgIpc) is 3.38. The Kier molecular flexibility index (Phi) is 5.91.